The molecule has 25 heavy (non-hydrogen) atoms. The topological polar surface area (TPSA) is 75.2 Å². The van der Waals surface area contributed by atoms with Gasteiger partial charge in [0.15, 0.2) is 5.69 Å². The average Bonchev–Trinajstić information content (AvgIpc) is 3.29. The highest BCUT2D eigenvalue weighted by Gasteiger charge is 2.23. The molecule has 1 aromatic carbocycles. The van der Waals surface area contributed by atoms with E-state index in [4.69, 9.17) is 11.6 Å². The van der Waals surface area contributed by atoms with Gasteiger partial charge in [-0.1, -0.05) is 41.1 Å². The molecule has 1 aliphatic rings. The summed E-state index contributed by atoms with van der Waals surface area (Å²) in [5.41, 5.74) is 1.15. The zero-order valence-electron chi connectivity index (χ0n) is 13.7. The Labute approximate surface area is 155 Å². The molecule has 1 aliphatic carbocycles. The van der Waals surface area contributed by atoms with Crippen LogP contribution in [0.5, 0.6) is 0 Å². The molecule has 0 radical (unpaired) electrons. The minimum atomic E-state index is -0.301. The number of nitrogens with one attached hydrogen (secondary N) is 1. The standard InChI is InChI=1S/C17H19ClN4O2S/c18-13-7-5-12(6-8-13)9-22(17(24)15-11-25-21-20-15)10-16(23)19-14-3-1-2-4-14/h5-8,11,14H,1-4,9-10H2,(H,19,23). The van der Waals surface area contributed by atoms with E-state index in [1.807, 2.05) is 12.1 Å². The molecule has 1 saturated carbocycles. The van der Waals surface area contributed by atoms with Crippen LogP contribution in [0, 0.1) is 0 Å². The number of nitrogens with zero attached hydrogens (tertiary/aromatic N) is 3. The lowest BCUT2D eigenvalue weighted by molar-refractivity contribution is -0.122. The monoisotopic (exact) mass is 378 g/mol. The molecular formula is C17H19ClN4O2S. The molecule has 1 heterocycles. The molecule has 0 unspecified atom stereocenters. The minimum absolute atomic E-state index is 0.00448. The predicted molar refractivity (Wildman–Crippen MR) is 96.5 cm³/mol. The number of benzene rings is 1. The highest BCUT2D eigenvalue weighted by Crippen LogP contribution is 2.18. The molecule has 0 spiro atoms. The van der Waals surface area contributed by atoms with Crippen LogP contribution in [-0.4, -0.2) is 38.9 Å². The normalized spacial score (nSPS) is 14.4. The quantitative estimate of drug-likeness (QED) is 0.838. The Morgan fingerprint density at radius 1 is 1.24 bits per heavy atom. The number of hydrogen-bond donors (Lipinski definition) is 1. The van der Waals surface area contributed by atoms with Crippen molar-refractivity contribution >= 4 is 34.9 Å². The number of aromatic nitrogens is 2. The summed E-state index contributed by atoms with van der Waals surface area (Å²) in [5, 5.41) is 9.06. The summed E-state index contributed by atoms with van der Waals surface area (Å²) < 4.78 is 3.73. The van der Waals surface area contributed by atoms with E-state index in [1.165, 1.54) is 4.90 Å². The van der Waals surface area contributed by atoms with Crippen LogP contribution in [0.2, 0.25) is 5.02 Å². The Morgan fingerprint density at radius 2 is 1.96 bits per heavy atom. The van der Waals surface area contributed by atoms with Gasteiger partial charge < -0.3 is 10.2 Å². The van der Waals surface area contributed by atoms with E-state index >= 15 is 0 Å². The van der Waals surface area contributed by atoms with Gasteiger partial charge in [-0.25, -0.2) is 0 Å². The van der Waals surface area contributed by atoms with Gasteiger partial charge in [0, 0.05) is 23.0 Å². The molecule has 132 valence electrons. The third kappa shape index (κ3) is 4.99. The van der Waals surface area contributed by atoms with E-state index in [0.29, 0.717) is 11.6 Å². The van der Waals surface area contributed by atoms with Crippen molar-refractivity contribution in [3.63, 3.8) is 0 Å². The molecular weight excluding hydrogens is 360 g/mol. The zero-order chi connectivity index (χ0) is 17.6. The van der Waals surface area contributed by atoms with Gasteiger partial charge in [0.1, 0.15) is 6.54 Å². The van der Waals surface area contributed by atoms with Gasteiger partial charge in [-0.15, -0.1) is 5.10 Å². The van der Waals surface area contributed by atoms with E-state index in [1.54, 1.807) is 17.5 Å². The number of carbonyl (C=O) groups is 2. The van der Waals surface area contributed by atoms with Gasteiger partial charge in [0.05, 0.1) is 0 Å². The average molecular weight is 379 g/mol. The van der Waals surface area contributed by atoms with E-state index in [2.05, 4.69) is 14.9 Å². The lowest BCUT2D eigenvalue weighted by atomic mass is 10.2. The van der Waals surface area contributed by atoms with Gasteiger partial charge in [-0.3, -0.25) is 9.59 Å². The first-order chi connectivity index (χ1) is 12.1. The van der Waals surface area contributed by atoms with Crippen LogP contribution in [0.3, 0.4) is 0 Å². The summed E-state index contributed by atoms with van der Waals surface area (Å²) in [6.45, 7) is 0.307. The van der Waals surface area contributed by atoms with Gasteiger partial charge >= 0.3 is 0 Å². The number of halogens is 1. The molecule has 2 amide bonds. The van der Waals surface area contributed by atoms with Gasteiger partial charge in [-0.05, 0) is 42.1 Å². The summed E-state index contributed by atoms with van der Waals surface area (Å²) in [7, 11) is 0. The van der Waals surface area contributed by atoms with Crippen LogP contribution in [-0.2, 0) is 11.3 Å². The van der Waals surface area contributed by atoms with Gasteiger partial charge in [-0.2, -0.15) is 0 Å². The van der Waals surface area contributed by atoms with Crippen LogP contribution < -0.4 is 5.32 Å². The summed E-state index contributed by atoms with van der Waals surface area (Å²) in [6, 6.07) is 7.44. The van der Waals surface area contributed by atoms with Crippen LogP contribution in [0.1, 0.15) is 41.7 Å². The second-order valence-corrected chi connectivity index (χ2v) is 7.17. The number of carbonyl (C=O) groups excluding carboxylic acids is 2. The fraction of sp³-hybridized carbons (Fsp3) is 0.412. The second-order valence-electron chi connectivity index (χ2n) is 6.13. The Kier molecular flexibility index (Phi) is 5.99. The van der Waals surface area contributed by atoms with Crippen LogP contribution in [0.25, 0.3) is 0 Å². The van der Waals surface area contributed by atoms with E-state index in [-0.39, 0.29) is 30.1 Å². The summed E-state index contributed by atoms with van der Waals surface area (Å²) in [4.78, 5) is 26.5. The summed E-state index contributed by atoms with van der Waals surface area (Å²) in [5.74, 6) is -0.442. The van der Waals surface area contributed by atoms with Crippen LogP contribution in [0.4, 0.5) is 0 Å². The Bertz CT molecular complexity index is 715. The van der Waals surface area contributed by atoms with E-state index in [0.717, 1.165) is 42.8 Å². The molecule has 0 aliphatic heterocycles. The maximum absolute atomic E-state index is 12.7. The molecule has 1 fully saturated rings. The maximum atomic E-state index is 12.7. The molecule has 1 N–H and O–H groups in total. The van der Waals surface area contributed by atoms with Crippen molar-refractivity contribution in [2.45, 2.75) is 38.3 Å². The molecule has 0 saturated heterocycles. The van der Waals surface area contributed by atoms with Crippen LogP contribution in [0.15, 0.2) is 29.6 Å². The third-order valence-electron chi connectivity index (χ3n) is 4.21. The number of rotatable bonds is 6. The summed E-state index contributed by atoms with van der Waals surface area (Å²) in [6.07, 6.45) is 4.30. The molecule has 0 atom stereocenters. The van der Waals surface area contributed by atoms with Crippen molar-refractivity contribution in [1.29, 1.82) is 0 Å². The predicted octanol–water partition coefficient (Wildman–Crippen LogP) is 2.89. The van der Waals surface area contributed by atoms with E-state index in [9.17, 15) is 9.59 Å². The molecule has 8 heteroatoms. The third-order valence-corrected chi connectivity index (χ3v) is 4.96. The largest absolute Gasteiger partial charge is 0.352 e. The fourth-order valence-electron chi connectivity index (χ4n) is 2.95. The highest BCUT2D eigenvalue weighted by atomic mass is 35.5. The van der Waals surface area contributed by atoms with Crippen molar-refractivity contribution in [2.24, 2.45) is 0 Å². The number of amides is 2. The lowest BCUT2D eigenvalue weighted by Crippen LogP contribution is -2.43. The molecule has 3 rings (SSSR count). The van der Waals surface area contributed by atoms with Gasteiger partial charge in [0.25, 0.3) is 5.91 Å². The Hall–Kier alpha value is -1.99. The maximum Gasteiger partial charge on any atom is 0.276 e. The Morgan fingerprint density at radius 3 is 2.60 bits per heavy atom. The van der Waals surface area contributed by atoms with Gasteiger partial charge in [0.2, 0.25) is 5.91 Å². The SMILES string of the molecule is O=C(CN(Cc1ccc(Cl)cc1)C(=O)c1csnn1)NC1CCCC1. The van der Waals surface area contributed by atoms with Crippen LogP contribution >= 0.6 is 23.1 Å². The molecule has 1 aromatic heterocycles. The Balaban J connectivity index is 1.70. The first-order valence-corrected chi connectivity index (χ1v) is 9.43. The highest BCUT2D eigenvalue weighted by molar-refractivity contribution is 7.03. The van der Waals surface area contributed by atoms with Crippen molar-refractivity contribution in [3.8, 4) is 0 Å². The summed E-state index contributed by atoms with van der Waals surface area (Å²) >= 11 is 7.02. The first kappa shape index (κ1) is 17.8. The molecule has 2 aromatic rings. The first-order valence-electron chi connectivity index (χ1n) is 8.22. The zero-order valence-corrected chi connectivity index (χ0v) is 15.2. The smallest absolute Gasteiger partial charge is 0.276 e. The number of hydrogen-bond acceptors (Lipinski definition) is 5. The minimum Gasteiger partial charge on any atom is -0.352 e. The van der Waals surface area contributed by atoms with Crippen molar-refractivity contribution < 1.29 is 9.59 Å². The fourth-order valence-corrected chi connectivity index (χ4v) is 3.50. The molecule has 6 nitrogen and oxygen atoms in total. The second kappa shape index (κ2) is 8.40. The van der Waals surface area contributed by atoms with E-state index < -0.39 is 0 Å². The van der Waals surface area contributed by atoms with Crippen molar-refractivity contribution in [3.05, 3.63) is 45.9 Å². The van der Waals surface area contributed by atoms with Crippen molar-refractivity contribution in [1.82, 2.24) is 19.8 Å². The van der Waals surface area contributed by atoms with Crippen molar-refractivity contribution in [2.75, 3.05) is 6.54 Å². The lowest BCUT2D eigenvalue weighted by Gasteiger charge is -2.22. The molecule has 0 bridgehead atoms.